The second-order valence-electron chi connectivity index (χ2n) is 4.67. The van der Waals surface area contributed by atoms with Crippen molar-refractivity contribution in [1.29, 1.82) is 0 Å². The molecule has 2 atom stereocenters. The summed E-state index contributed by atoms with van der Waals surface area (Å²) < 4.78 is 13.8. The predicted molar refractivity (Wildman–Crippen MR) is 74.3 cm³/mol. The Bertz CT molecular complexity index is 556. The number of aliphatic hydroxyl groups excluding tert-OH is 1. The molecule has 2 aromatic rings. The lowest BCUT2D eigenvalue weighted by atomic mass is 9.86. The molecule has 100 valence electrons. The Morgan fingerprint density at radius 2 is 1.63 bits per heavy atom. The Morgan fingerprint density at radius 1 is 1.05 bits per heavy atom. The van der Waals surface area contributed by atoms with E-state index >= 15 is 0 Å². The van der Waals surface area contributed by atoms with Crippen LogP contribution in [0.4, 0.5) is 4.39 Å². The van der Waals surface area contributed by atoms with Crippen molar-refractivity contribution in [2.45, 2.75) is 18.9 Å². The molecular formula is C16H18FNO. The molecule has 2 rings (SSSR count). The van der Waals surface area contributed by atoms with Crippen LogP contribution < -0.4 is 5.73 Å². The van der Waals surface area contributed by atoms with Crippen molar-refractivity contribution in [1.82, 2.24) is 0 Å². The minimum Gasteiger partial charge on any atom is -0.388 e. The lowest BCUT2D eigenvalue weighted by molar-refractivity contribution is 0.143. The van der Waals surface area contributed by atoms with Gasteiger partial charge < -0.3 is 10.8 Å². The Labute approximate surface area is 112 Å². The smallest absolute Gasteiger partial charge is 0.129 e. The zero-order chi connectivity index (χ0) is 13.8. The molecule has 2 nitrogen and oxygen atoms in total. The maximum Gasteiger partial charge on any atom is 0.129 e. The molecule has 0 amide bonds. The third-order valence-electron chi connectivity index (χ3n) is 3.45. The van der Waals surface area contributed by atoms with Gasteiger partial charge in [0.1, 0.15) is 5.82 Å². The zero-order valence-electron chi connectivity index (χ0n) is 10.9. The van der Waals surface area contributed by atoms with Crippen LogP contribution in [-0.4, -0.2) is 11.7 Å². The maximum absolute atomic E-state index is 13.8. The van der Waals surface area contributed by atoms with Crippen LogP contribution in [0.2, 0.25) is 0 Å². The van der Waals surface area contributed by atoms with E-state index in [2.05, 4.69) is 0 Å². The quantitative estimate of drug-likeness (QED) is 0.886. The van der Waals surface area contributed by atoms with E-state index in [1.54, 1.807) is 18.2 Å². The van der Waals surface area contributed by atoms with Gasteiger partial charge in [-0.25, -0.2) is 4.39 Å². The molecule has 0 aliphatic carbocycles. The average molecular weight is 259 g/mol. The molecule has 2 unspecified atom stereocenters. The first-order valence-corrected chi connectivity index (χ1v) is 6.33. The van der Waals surface area contributed by atoms with Gasteiger partial charge in [-0.1, -0.05) is 42.5 Å². The highest BCUT2D eigenvalue weighted by molar-refractivity contribution is 5.33. The van der Waals surface area contributed by atoms with Gasteiger partial charge in [-0.15, -0.1) is 0 Å². The summed E-state index contributed by atoms with van der Waals surface area (Å²) in [4.78, 5) is 0. The summed E-state index contributed by atoms with van der Waals surface area (Å²) in [5.74, 6) is -0.708. The second-order valence-corrected chi connectivity index (χ2v) is 4.67. The number of nitrogens with two attached hydrogens (primary N) is 1. The number of aliphatic hydroxyl groups is 1. The van der Waals surface area contributed by atoms with E-state index in [4.69, 9.17) is 5.73 Å². The van der Waals surface area contributed by atoms with Crippen molar-refractivity contribution in [2.24, 2.45) is 5.73 Å². The highest BCUT2D eigenvalue weighted by atomic mass is 19.1. The summed E-state index contributed by atoms with van der Waals surface area (Å²) >= 11 is 0. The van der Waals surface area contributed by atoms with E-state index < -0.39 is 11.9 Å². The molecule has 0 saturated carbocycles. The molecular weight excluding hydrogens is 241 g/mol. The average Bonchev–Trinajstić information content (AvgIpc) is 2.42. The fraction of sp³-hybridized carbons (Fsp3) is 0.250. The summed E-state index contributed by atoms with van der Waals surface area (Å²) in [7, 11) is 0. The van der Waals surface area contributed by atoms with Gasteiger partial charge >= 0.3 is 0 Å². The molecule has 0 heterocycles. The van der Waals surface area contributed by atoms with Crippen molar-refractivity contribution in [3.63, 3.8) is 0 Å². The molecule has 2 aromatic carbocycles. The van der Waals surface area contributed by atoms with Gasteiger partial charge in [-0.2, -0.15) is 0 Å². The minimum absolute atomic E-state index is 0.264. The molecule has 0 fully saturated rings. The van der Waals surface area contributed by atoms with E-state index in [9.17, 15) is 9.50 Å². The van der Waals surface area contributed by atoms with E-state index in [0.717, 1.165) is 11.1 Å². The van der Waals surface area contributed by atoms with Crippen LogP contribution in [0.1, 0.15) is 28.7 Å². The van der Waals surface area contributed by atoms with Crippen molar-refractivity contribution in [2.75, 3.05) is 6.54 Å². The van der Waals surface area contributed by atoms with Crippen molar-refractivity contribution < 1.29 is 9.50 Å². The Morgan fingerprint density at radius 3 is 2.21 bits per heavy atom. The van der Waals surface area contributed by atoms with Gasteiger partial charge in [0, 0.05) is 18.0 Å². The Kier molecular flexibility index (Phi) is 4.30. The van der Waals surface area contributed by atoms with Gasteiger partial charge in [-0.3, -0.25) is 0 Å². The fourth-order valence-corrected chi connectivity index (χ4v) is 2.36. The third-order valence-corrected chi connectivity index (χ3v) is 3.45. The zero-order valence-corrected chi connectivity index (χ0v) is 10.9. The van der Waals surface area contributed by atoms with Crippen LogP contribution in [0.15, 0.2) is 48.5 Å². The number of aryl methyl sites for hydroxylation is 1. The van der Waals surface area contributed by atoms with E-state index in [-0.39, 0.29) is 12.5 Å². The number of hydrogen-bond acceptors (Lipinski definition) is 2. The fourth-order valence-electron chi connectivity index (χ4n) is 2.36. The first-order chi connectivity index (χ1) is 9.15. The number of benzene rings is 2. The van der Waals surface area contributed by atoms with E-state index in [1.807, 2.05) is 31.2 Å². The molecule has 3 heteroatoms. The topological polar surface area (TPSA) is 46.2 Å². The highest BCUT2D eigenvalue weighted by Crippen LogP contribution is 2.32. The van der Waals surface area contributed by atoms with Crippen LogP contribution in [0, 0.1) is 12.7 Å². The van der Waals surface area contributed by atoms with Crippen LogP contribution in [0.3, 0.4) is 0 Å². The maximum atomic E-state index is 13.8. The number of rotatable bonds is 4. The number of halogens is 1. The Balaban J connectivity index is 2.38. The predicted octanol–water partition coefficient (Wildman–Crippen LogP) is 2.91. The highest BCUT2D eigenvalue weighted by Gasteiger charge is 2.24. The lowest BCUT2D eigenvalue weighted by Crippen LogP contribution is -2.21. The van der Waals surface area contributed by atoms with Gasteiger partial charge in [0.25, 0.3) is 0 Å². The molecule has 3 N–H and O–H groups in total. The van der Waals surface area contributed by atoms with Crippen molar-refractivity contribution in [3.05, 3.63) is 71.0 Å². The normalized spacial score (nSPS) is 14.1. The molecule has 0 aliphatic rings. The van der Waals surface area contributed by atoms with E-state index in [0.29, 0.717) is 5.56 Å². The molecule has 0 radical (unpaired) electrons. The molecule has 0 spiro atoms. The molecule has 19 heavy (non-hydrogen) atoms. The minimum atomic E-state index is -0.938. The SMILES string of the molecule is Cc1ccccc1C(CN)C(O)c1ccccc1F. The monoisotopic (exact) mass is 259 g/mol. The van der Waals surface area contributed by atoms with Crippen LogP contribution in [0.25, 0.3) is 0 Å². The first-order valence-electron chi connectivity index (χ1n) is 6.33. The summed E-state index contributed by atoms with van der Waals surface area (Å²) in [5, 5.41) is 10.4. The molecule has 0 bridgehead atoms. The third kappa shape index (κ3) is 2.83. The van der Waals surface area contributed by atoms with Gasteiger partial charge in [0.2, 0.25) is 0 Å². The summed E-state index contributed by atoms with van der Waals surface area (Å²) in [6.45, 7) is 2.23. The van der Waals surface area contributed by atoms with Crippen molar-refractivity contribution in [3.8, 4) is 0 Å². The largest absolute Gasteiger partial charge is 0.388 e. The van der Waals surface area contributed by atoms with Gasteiger partial charge in [0.15, 0.2) is 0 Å². The van der Waals surface area contributed by atoms with Crippen LogP contribution >= 0.6 is 0 Å². The molecule has 0 aliphatic heterocycles. The van der Waals surface area contributed by atoms with Gasteiger partial charge in [-0.05, 0) is 24.1 Å². The molecule has 0 aromatic heterocycles. The van der Waals surface area contributed by atoms with Gasteiger partial charge in [0.05, 0.1) is 6.10 Å². The Hall–Kier alpha value is -1.71. The molecule has 0 saturated heterocycles. The summed E-state index contributed by atoms with van der Waals surface area (Å²) in [6, 6.07) is 14.0. The van der Waals surface area contributed by atoms with Crippen molar-refractivity contribution >= 4 is 0 Å². The summed E-state index contributed by atoms with van der Waals surface area (Å²) in [6.07, 6.45) is -0.938. The first kappa shape index (κ1) is 13.7. The number of hydrogen-bond donors (Lipinski definition) is 2. The lowest BCUT2D eigenvalue weighted by Gasteiger charge is -2.24. The summed E-state index contributed by atoms with van der Waals surface area (Å²) in [5.41, 5.74) is 8.08. The second kappa shape index (κ2) is 5.95. The van der Waals surface area contributed by atoms with Crippen LogP contribution in [0.5, 0.6) is 0 Å². The van der Waals surface area contributed by atoms with E-state index in [1.165, 1.54) is 6.07 Å². The van der Waals surface area contributed by atoms with Crippen LogP contribution in [-0.2, 0) is 0 Å². The standard InChI is InChI=1S/C16H18FNO/c1-11-6-2-3-7-12(11)14(10-18)16(19)13-8-4-5-9-15(13)17/h2-9,14,16,19H,10,18H2,1H3.